The van der Waals surface area contributed by atoms with E-state index in [2.05, 4.69) is 41.6 Å². The number of nitrogens with one attached hydrogen (secondary N) is 2. The van der Waals surface area contributed by atoms with Crippen molar-refractivity contribution < 1.29 is 9.47 Å². The second-order valence-electron chi connectivity index (χ2n) is 5.25. The molecule has 0 amide bonds. The zero-order valence-electron chi connectivity index (χ0n) is 14.7. The van der Waals surface area contributed by atoms with E-state index in [1.165, 1.54) is 5.56 Å². The fourth-order valence-electron chi connectivity index (χ4n) is 1.96. The molecule has 0 atom stereocenters. The molecule has 2 N–H and O–H groups in total. The molecule has 0 saturated carbocycles. The Labute approximate surface area is 140 Å². The van der Waals surface area contributed by atoms with Gasteiger partial charge in [-0.1, -0.05) is 17.7 Å². The lowest BCUT2D eigenvalue weighted by Gasteiger charge is -2.11. The number of ether oxygens (including phenoxy) is 2. The molecule has 1 rings (SSSR count). The third-order valence-corrected chi connectivity index (χ3v) is 3.20. The Kier molecular flexibility index (Phi) is 10.7. The maximum absolute atomic E-state index is 5.71. The Balaban J connectivity index is 2.14. The number of guanidine groups is 1. The van der Waals surface area contributed by atoms with Crippen molar-refractivity contribution in [2.24, 2.45) is 4.99 Å². The van der Waals surface area contributed by atoms with Crippen LogP contribution < -0.4 is 15.4 Å². The van der Waals surface area contributed by atoms with Gasteiger partial charge in [0.2, 0.25) is 0 Å². The van der Waals surface area contributed by atoms with Gasteiger partial charge in [-0.05, 0) is 45.7 Å². The topological polar surface area (TPSA) is 54.9 Å². The van der Waals surface area contributed by atoms with Crippen molar-refractivity contribution in [2.45, 2.75) is 33.6 Å². The van der Waals surface area contributed by atoms with Crippen LogP contribution in [0.5, 0.6) is 5.75 Å². The summed E-state index contributed by atoms with van der Waals surface area (Å²) >= 11 is 0. The third-order valence-electron chi connectivity index (χ3n) is 3.20. The highest BCUT2D eigenvalue weighted by atomic mass is 16.5. The first-order valence-electron chi connectivity index (χ1n) is 8.55. The first-order chi connectivity index (χ1) is 11.3. The van der Waals surface area contributed by atoms with Crippen LogP contribution in [-0.4, -0.2) is 45.4 Å². The summed E-state index contributed by atoms with van der Waals surface area (Å²) in [5, 5.41) is 6.49. The van der Waals surface area contributed by atoms with E-state index in [9.17, 15) is 0 Å². The van der Waals surface area contributed by atoms with E-state index in [1.54, 1.807) is 0 Å². The minimum absolute atomic E-state index is 0.700. The molecule has 0 radical (unpaired) electrons. The molecule has 0 fully saturated rings. The number of nitrogens with zero attached hydrogens (tertiary/aromatic N) is 1. The van der Waals surface area contributed by atoms with Crippen molar-refractivity contribution >= 4 is 5.96 Å². The molecule has 0 aromatic heterocycles. The fourth-order valence-corrected chi connectivity index (χ4v) is 1.96. The van der Waals surface area contributed by atoms with Gasteiger partial charge in [-0.15, -0.1) is 0 Å². The number of hydrogen-bond acceptors (Lipinski definition) is 3. The molecular weight excluding hydrogens is 290 g/mol. The van der Waals surface area contributed by atoms with E-state index in [-0.39, 0.29) is 0 Å². The summed E-state index contributed by atoms with van der Waals surface area (Å²) < 4.78 is 11.0. The molecule has 0 aliphatic rings. The molecule has 0 saturated heterocycles. The van der Waals surface area contributed by atoms with Gasteiger partial charge in [-0.3, -0.25) is 4.99 Å². The van der Waals surface area contributed by atoms with Crippen molar-refractivity contribution in [1.82, 2.24) is 10.6 Å². The second kappa shape index (κ2) is 12.8. The highest BCUT2D eigenvalue weighted by Gasteiger charge is 1.97. The van der Waals surface area contributed by atoms with Gasteiger partial charge in [-0.2, -0.15) is 0 Å². The number of rotatable bonds is 11. The standard InChI is InChI=1S/C18H31N3O2/c1-4-19-18(21-13-15-22-5-2)20-12-6-7-14-23-17-10-8-16(3)9-11-17/h8-11H,4-7,12-15H2,1-3H3,(H2,19,20,21). The van der Waals surface area contributed by atoms with Crippen molar-refractivity contribution in [3.8, 4) is 5.75 Å². The molecule has 5 nitrogen and oxygen atoms in total. The second-order valence-corrected chi connectivity index (χ2v) is 5.25. The Bertz CT molecular complexity index is 432. The van der Waals surface area contributed by atoms with Gasteiger partial charge in [0.1, 0.15) is 5.75 Å². The van der Waals surface area contributed by atoms with Gasteiger partial charge in [0.25, 0.3) is 0 Å². The molecule has 23 heavy (non-hydrogen) atoms. The molecule has 0 aliphatic carbocycles. The van der Waals surface area contributed by atoms with E-state index in [0.29, 0.717) is 6.61 Å². The van der Waals surface area contributed by atoms with Gasteiger partial charge in [0, 0.05) is 26.2 Å². The lowest BCUT2D eigenvalue weighted by Crippen LogP contribution is -2.39. The lowest BCUT2D eigenvalue weighted by atomic mass is 10.2. The Morgan fingerprint density at radius 3 is 2.52 bits per heavy atom. The smallest absolute Gasteiger partial charge is 0.191 e. The zero-order chi connectivity index (χ0) is 16.8. The molecule has 1 aromatic carbocycles. The van der Waals surface area contributed by atoms with Crippen LogP contribution in [0.25, 0.3) is 0 Å². The van der Waals surface area contributed by atoms with Crippen LogP contribution in [0, 0.1) is 6.92 Å². The zero-order valence-corrected chi connectivity index (χ0v) is 14.7. The molecule has 0 spiro atoms. The third kappa shape index (κ3) is 9.79. The maximum Gasteiger partial charge on any atom is 0.191 e. The van der Waals surface area contributed by atoms with E-state index in [4.69, 9.17) is 9.47 Å². The summed E-state index contributed by atoms with van der Waals surface area (Å²) in [7, 11) is 0. The highest BCUT2D eigenvalue weighted by Crippen LogP contribution is 2.11. The molecule has 0 aliphatic heterocycles. The Hall–Kier alpha value is -1.75. The first kappa shape index (κ1) is 19.3. The summed E-state index contributed by atoms with van der Waals surface area (Å²) in [5.41, 5.74) is 1.25. The SMILES string of the molecule is CCNC(=NCCCCOc1ccc(C)cc1)NCCOCC. The molecule has 0 unspecified atom stereocenters. The van der Waals surface area contributed by atoms with Crippen LogP contribution in [0.3, 0.4) is 0 Å². The van der Waals surface area contributed by atoms with Crippen molar-refractivity contribution in [3.63, 3.8) is 0 Å². The number of hydrogen-bond donors (Lipinski definition) is 2. The van der Waals surface area contributed by atoms with E-state index in [0.717, 1.165) is 57.4 Å². The number of aliphatic imine (C=N–C) groups is 1. The van der Waals surface area contributed by atoms with Crippen molar-refractivity contribution in [3.05, 3.63) is 29.8 Å². The Morgan fingerprint density at radius 1 is 1.04 bits per heavy atom. The van der Waals surface area contributed by atoms with Gasteiger partial charge in [0.15, 0.2) is 5.96 Å². The molecule has 130 valence electrons. The van der Waals surface area contributed by atoms with Crippen molar-refractivity contribution in [1.29, 1.82) is 0 Å². The first-order valence-corrected chi connectivity index (χ1v) is 8.55. The summed E-state index contributed by atoms with van der Waals surface area (Å²) in [5.74, 6) is 1.79. The predicted octanol–water partition coefficient (Wildman–Crippen LogP) is 2.75. The number of unbranched alkanes of at least 4 members (excludes halogenated alkanes) is 1. The van der Waals surface area contributed by atoms with E-state index >= 15 is 0 Å². The van der Waals surface area contributed by atoms with Crippen LogP contribution in [0.1, 0.15) is 32.3 Å². The van der Waals surface area contributed by atoms with E-state index < -0.39 is 0 Å². The summed E-state index contributed by atoms with van der Waals surface area (Å²) in [6.45, 7) is 10.7. The minimum atomic E-state index is 0.700. The normalized spacial score (nSPS) is 11.3. The molecule has 0 heterocycles. The largest absolute Gasteiger partial charge is 0.494 e. The van der Waals surface area contributed by atoms with Crippen LogP contribution in [0.2, 0.25) is 0 Å². The Morgan fingerprint density at radius 2 is 1.83 bits per heavy atom. The van der Waals surface area contributed by atoms with Gasteiger partial charge in [-0.25, -0.2) is 0 Å². The number of aryl methyl sites for hydroxylation is 1. The summed E-state index contributed by atoms with van der Waals surface area (Å²) in [4.78, 5) is 4.55. The average Bonchev–Trinajstić information content (AvgIpc) is 2.56. The van der Waals surface area contributed by atoms with Crippen molar-refractivity contribution in [2.75, 3.05) is 39.5 Å². The average molecular weight is 321 g/mol. The van der Waals surface area contributed by atoms with Crippen LogP contribution >= 0.6 is 0 Å². The monoisotopic (exact) mass is 321 g/mol. The predicted molar refractivity (Wildman–Crippen MR) is 96.4 cm³/mol. The number of benzene rings is 1. The van der Waals surface area contributed by atoms with Crippen LogP contribution in [0.4, 0.5) is 0 Å². The summed E-state index contributed by atoms with van der Waals surface area (Å²) in [6, 6.07) is 8.16. The summed E-state index contributed by atoms with van der Waals surface area (Å²) in [6.07, 6.45) is 2.00. The lowest BCUT2D eigenvalue weighted by molar-refractivity contribution is 0.152. The van der Waals surface area contributed by atoms with Gasteiger partial charge in [0.05, 0.1) is 13.2 Å². The fraction of sp³-hybridized carbons (Fsp3) is 0.611. The highest BCUT2D eigenvalue weighted by molar-refractivity contribution is 5.79. The molecule has 1 aromatic rings. The maximum atomic E-state index is 5.71. The van der Waals surface area contributed by atoms with Crippen LogP contribution in [0.15, 0.2) is 29.3 Å². The molecular formula is C18H31N3O2. The van der Waals surface area contributed by atoms with Gasteiger partial charge < -0.3 is 20.1 Å². The quantitative estimate of drug-likeness (QED) is 0.374. The van der Waals surface area contributed by atoms with Gasteiger partial charge >= 0.3 is 0 Å². The minimum Gasteiger partial charge on any atom is -0.494 e. The van der Waals surface area contributed by atoms with E-state index in [1.807, 2.05) is 19.1 Å². The van der Waals surface area contributed by atoms with Crippen LogP contribution in [-0.2, 0) is 4.74 Å². The molecule has 0 bridgehead atoms. The molecule has 5 heteroatoms.